The van der Waals surface area contributed by atoms with Crippen molar-refractivity contribution >= 4 is 20.9 Å². The lowest BCUT2D eigenvalue weighted by molar-refractivity contribution is 0.409. The van der Waals surface area contributed by atoms with E-state index in [1.54, 1.807) is 25.4 Å². The van der Waals surface area contributed by atoms with E-state index in [0.717, 1.165) is 22.3 Å². The minimum atomic E-state index is -3.64. The Morgan fingerprint density at radius 3 is 2.72 bits per heavy atom. The van der Waals surface area contributed by atoms with E-state index in [4.69, 9.17) is 4.74 Å². The third-order valence-electron chi connectivity index (χ3n) is 3.98. The number of rotatable bonds is 6. The van der Waals surface area contributed by atoms with Crippen molar-refractivity contribution in [1.82, 2.24) is 9.71 Å². The van der Waals surface area contributed by atoms with Crippen LogP contribution in [0.15, 0.2) is 59.6 Å². The molecule has 0 unspecified atom stereocenters. The zero-order valence-electron chi connectivity index (χ0n) is 14.2. The van der Waals surface area contributed by atoms with Crippen LogP contribution in [0.25, 0.3) is 10.9 Å². The smallest absolute Gasteiger partial charge is 0.242 e. The molecular formula is C19H20N2O3S. The Kier molecular flexibility index (Phi) is 5.01. The van der Waals surface area contributed by atoms with Gasteiger partial charge in [0.25, 0.3) is 0 Å². The number of benzene rings is 2. The highest BCUT2D eigenvalue weighted by Gasteiger charge is 2.18. The summed E-state index contributed by atoms with van der Waals surface area (Å²) < 4.78 is 33.3. The van der Waals surface area contributed by atoms with Crippen LogP contribution in [0, 0.1) is 6.92 Å². The molecule has 0 bridgehead atoms. The molecular weight excluding hydrogens is 336 g/mol. The summed E-state index contributed by atoms with van der Waals surface area (Å²) in [4.78, 5) is 4.50. The van der Waals surface area contributed by atoms with Crippen molar-refractivity contribution in [3.05, 3.63) is 65.9 Å². The van der Waals surface area contributed by atoms with E-state index in [-0.39, 0.29) is 11.4 Å². The van der Waals surface area contributed by atoms with E-state index >= 15 is 0 Å². The predicted molar refractivity (Wildman–Crippen MR) is 98.4 cm³/mol. The molecule has 0 aliphatic rings. The average Bonchev–Trinajstić information content (AvgIpc) is 2.61. The van der Waals surface area contributed by atoms with E-state index in [0.29, 0.717) is 11.9 Å². The lowest BCUT2D eigenvalue weighted by atomic mass is 10.1. The minimum Gasteiger partial charge on any atom is -0.496 e. The quantitative estimate of drug-likeness (QED) is 0.737. The monoisotopic (exact) mass is 356 g/mol. The molecule has 1 aromatic heterocycles. The molecule has 0 amide bonds. The number of methoxy groups -OCH3 is 1. The number of nitrogens with zero attached hydrogens (tertiary/aromatic N) is 1. The number of para-hydroxylation sites is 2. The first-order valence-corrected chi connectivity index (χ1v) is 9.46. The second-order valence-corrected chi connectivity index (χ2v) is 7.54. The number of fused-ring (bicyclic) bond motifs is 1. The summed E-state index contributed by atoms with van der Waals surface area (Å²) in [5.74, 6) is 0.754. The summed E-state index contributed by atoms with van der Waals surface area (Å²) >= 11 is 0. The molecule has 1 heterocycles. The van der Waals surface area contributed by atoms with Crippen molar-refractivity contribution in [1.29, 1.82) is 0 Å². The van der Waals surface area contributed by atoms with E-state index in [1.165, 1.54) is 0 Å². The summed E-state index contributed by atoms with van der Waals surface area (Å²) in [7, 11) is -2.04. The lowest BCUT2D eigenvalue weighted by Crippen LogP contribution is -2.26. The molecule has 3 aromatic rings. The summed E-state index contributed by atoms with van der Waals surface area (Å²) in [6.07, 6.45) is 2.22. The van der Waals surface area contributed by atoms with E-state index in [2.05, 4.69) is 9.71 Å². The second kappa shape index (κ2) is 7.21. The summed E-state index contributed by atoms with van der Waals surface area (Å²) in [6.45, 7) is 2.21. The van der Waals surface area contributed by atoms with Crippen molar-refractivity contribution < 1.29 is 13.2 Å². The van der Waals surface area contributed by atoms with Crippen LogP contribution in [0.2, 0.25) is 0 Å². The van der Waals surface area contributed by atoms with Gasteiger partial charge in [-0.25, -0.2) is 13.1 Å². The standard InChI is InChI=1S/C19H20N2O3S/c1-14-12-16-7-5-9-18(19(16)20-13-14)25(22,23)21-11-10-15-6-3-4-8-17(15)24-2/h3-9,12-13,21H,10-11H2,1-2H3. The molecule has 3 rings (SSSR count). The van der Waals surface area contributed by atoms with Gasteiger partial charge in [0.05, 0.1) is 12.6 Å². The number of sulfonamides is 1. The Morgan fingerprint density at radius 1 is 1.12 bits per heavy atom. The summed E-state index contributed by atoms with van der Waals surface area (Å²) in [5.41, 5.74) is 2.43. The molecule has 0 saturated heterocycles. The number of aromatic nitrogens is 1. The Balaban J connectivity index is 1.81. The van der Waals surface area contributed by atoms with E-state index in [1.807, 2.05) is 43.3 Å². The Morgan fingerprint density at radius 2 is 1.92 bits per heavy atom. The molecule has 25 heavy (non-hydrogen) atoms. The zero-order chi connectivity index (χ0) is 17.9. The van der Waals surface area contributed by atoms with Gasteiger partial charge in [0.1, 0.15) is 10.6 Å². The number of hydrogen-bond acceptors (Lipinski definition) is 4. The number of aryl methyl sites for hydroxylation is 1. The maximum absolute atomic E-state index is 12.7. The van der Waals surface area contributed by atoms with Crippen molar-refractivity contribution in [2.45, 2.75) is 18.2 Å². The van der Waals surface area contributed by atoms with Gasteiger partial charge in [-0.3, -0.25) is 4.98 Å². The molecule has 6 heteroatoms. The normalized spacial score (nSPS) is 11.6. The van der Waals surface area contributed by atoms with Crippen LogP contribution in [0.1, 0.15) is 11.1 Å². The predicted octanol–water partition coefficient (Wildman–Crippen LogP) is 3.07. The van der Waals surface area contributed by atoms with Gasteiger partial charge in [0.2, 0.25) is 10.0 Å². The van der Waals surface area contributed by atoms with Gasteiger partial charge in [-0.15, -0.1) is 0 Å². The molecule has 0 saturated carbocycles. The lowest BCUT2D eigenvalue weighted by Gasteiger charge is -2.11. The third-order valence-corrected chi connectivity index (χ3v) is 5.47. The number of nitrogens with one attached hydrogen (secondary N) is 1. The summed E-state index contributed by atoms with van der Waals surface area (Å²) in [5, 5.41) is 0.813. The largest absolute Gasteiger partial charge is 0.496 e. The first kappa shape index (κ1) is 17.4. The maximum atomic E-state index is 12.7. The highest BCUT2D eigenvalue weighted by Crippen LogP contribution is 2.22. The number of ether oxygens (including phenoxy) is 1. The van der Waals surface area contributed by atoms with E-state index in [9.17, 15) is 8.42 Å². The van der Waals surface area contributed by atoms with Crippen LogP contribution in [0.4, 0.5) is 0 Å². The first-order valence-electron chi connectivity index (χ1n) is 7.98. The fourth-order valence-electron chi connectivity index (χ4n) is 2.77. The molecule has 0 aliphatic heterocycles. The minimum absolute atomic E-state index is 0.199. The topological polar surface area (TPSA) is 68.3 Å². The number of hydrogen-bond donors (Lipinski definition) is 1. The van der Waals surface area contributed by atoms with Crippen LogP contribution >= 0.6 is 0 Å². The molecule has 130 valence electrons. The molecule has 1 N–H and O–H groups in total. The molecule has 2 aromatic carbocycles. The summed E-state index contributed by atoms with van der Waals surface area (Å²) in [6, 6.07) is 14.7. The van der Waals surface area contributed by atoms with Crippen LogP contribution in [-0.2, 0) is 16.4 Å². The third kappa shape index (κ3) is 3.81. The molecule has 5 nitrogen and oxygen atoms in total. The Bertz CT molecular complexity index is 1000. The first-order chi connectivity index (χ1) is 12.0. The van der Waals surface area contributed by atoms with Gasteiger partial charge in [-0.2, -0.15) is 0 Å². The average molecular weight is 356 g/mol. The van der Waals surface area contributed by atoms with Crippen LogP contribution < -0.4 is 9.46 Å². The van der Waals surface area contributed by atoms with Gasteiger partial charge < -0.3 is 4.74 Å². The van der Waals surface area contributed by atoms with Gasteiger partial charge >= 0.3 is 0 Å². The van der Waals surface area contributed by atoms with Crippen molar-refractivity contribution in [3.8, 4) is 5.75 Å². The SMILES string of the molecule is COc1ccccc1CCNS(=O)(=O)c1cccc2cc(C)cnc12. The zero-order valence-corrected chi connectivity index (χ0v) is 15.0. The Labute approximate surface area is 147 Å². The van der Waals surface area contributed by atoms with Crippen molar-refractivity contribution in [2.24, 2.45) is 0 Å². The van der Waals surface area contributed by atoms with E-state index < -0.39 is 10.0 Å². The van der Waals surface area contributed by atoms with Crippen molar-refractivity contribution in [3.63, 3.8) is 0 Å². The van der Waals surface area contributed by atoms with Gasteiger partial charge in [-0.1, -0.05) is 30.3 Å². The van der Waals surface area contributed by atoms with Gasteiger partial charge in [0.15, 0.2) is 0 Å². The molecule has 0 atom stereocenters. The fraction of sp³-hybridized carbons (Fsp3) is 0.211. The Hall–Kier alpha value is -2.44. The van der Waals surface area contributed by atoms with Crippen LogP contribution in [0.3, 0.4) is 0 Å². The van der Waals surface area contributed by atoms with Gasteiger partial charge in [-0.05, 0) is 42.7 Å². The maximum Gasteiger partial charge on any atom is 0.242 e. The van der Waals surface area contributed by atoms with Gasteiger partial charge in [0, 0.05) is 18.1 Å². The number of pyridine rings is 1. The van der Waals surface area contributed by atoms with Crippen molar-refractivity contribution in [2.75, 3.05) is 13.7 Å². The van der Waals surface area contributed by atoms with Crippen LogP contribution in [0.5, 0.6) is 5.75 Å². The molecule has 0 spiro atoms. The highest BCUT2D eigenvalue weighted by molar-refractivity contribution is 7.89. The molecule has 0 radical (unpaired) electrons. The molecule has 0 aliphatic carbocycles. The fourth-order valence-corrected chi connectivity index (χ4v) is 3.98. The molecule has 0 fully saturated rings. The highest BCUT2D eigenvalue weighted by atomic mass is 32.2. The second-order valence-electron chi connectivity index (χ2n) is 5.80. The van der Waals surface area contributed by atoms with Crippen LogP contribution in [-0.4, -0.2) is 27.1 Å².